The molecule has 32 heavy (non-hydrogen) atoms. The average molecular weight is 443 g/mol. The van der Waals surface area contributed by atoms with Crippen LogP contribution in [0.15, 0.2) is 12.1 Å². The molecule has 3 saturated heterocycles. The van der Waals surface area contributed by atoms with E-state index in [2.05, 4.69) is 14.8 Å². The van der Waals surface area contributed by atoms with Crippen LogP contribution in [0.1, 0.15) is 44.6 Å². The van der Waals surface area contributed by atoms with E-state index in [1.165, 1.54) is 12.8 Å². The van der Waals surface area contributed by atoms with Crippen molar-refractivity contribution in [1.29, 1.82) is 0 Å². The minimum atomic E-state index is -0.686. The van der Waals surface area contributed by atoms with Crippen LogP contribution < -0.4 is 9.64 Å². The number of nitrogens with zero attached hydrogens (tertiary/aromatic N) is 4. The summed E-state index contributed by atoms with van der Waals surface area (Å²) < 4.78 is 41.9. The van der Waals surface area contributed by atoms with Gasteiger partial charge in [0, 0.05) is 24.8 Å². The molecule has 4 aliphatic heterocycles. The van der Waals surface area contributed by atoms with E-state index in [1.807, 2.05) is 13.0 Å². The van der Waals surface area contributed by atoms with Gasteiger partial charge in [-0.1, -0.05) is 6.08 Å². The summed E-state index contributed by atoms with van der Waals surface area (Å²) in [6.45, 7) is 6.38. The van der Waals surface area contributed by atoms with Crippen LogP contribution in [0.3, 0.4) is 0 Å². The first kappa shape index (κ1) is 20.3. The first-order valence-electron chi connectivity index (χ1n) is 11.7. The minimum absolute atomic E-state index is 0.0378. The number of anilines is 1. The Balaban J connectivity index is 1.47. The number of allylic oxidation sites excluding steroid dienone is 1. The average Bonchev–Trinajstić information content (AvgIpc) is 3.22. The molecule has 0 spiro atoms. The Bertz CT molecular complexity index is 1100. The summed E-state index contributed by atoms with van der Waals surface area (Å²) in [6, 6.07) is 0.995. The number of ether oxygens (including phenoxy) is 2. The molecule has 0 amide bonds. The smallest absolute Gasteiger partial charge is 0.319 e. The first-order chi connectivity index (χ1) is 15.6. The molecule has 0 aliphatic carbocycles. The van der Waals surface area contributed by atoms with E-state index in [4.69, 9.17) is 14.5 Å². The van der Waals surface area contributed by atoms with Gasteiger partial charge in [-0.25, -0.2) is 8.78 Å². The second-order valence-electron chi connectivity index (χ2n) is 9.51. The molecule has 6 nitrogen and oxygen atoms in total. The third-order valence-corrected chi connectivity index (χ3v) is 7.60. The van der Waals surface area contributed by atoms with E-state index < -0.39 is 11.6 Å². The van der Waals surface area contributed by atoms with Gasteiger partial charge in [0.2, 0.25) is 0 Å². The lowest BCUT2D eigenvalue weighted by Gasteiger charge is -2.32. The molecule has 0 saturated carbocycles. The number of rotatable bonds is 3. The number of hydrogen-bond acceptors (Lipinski definition) is 6. The standard InChI is InChI=1S/C24H28F2N4O2/c1-15-11-16-13-31-10-4-9-30(16)22-20-19(15)17(25)12-18(26)21(20)27-23(28-22)32-14-24-5-2-7-29(24)8-3-6-24/h11-12,16H,2-10,13-14H2,1H3. The lowest BCUT2D eigenvalue weighted by molar-refractivity contribution is 0.108. The summed E-state index contributed by atoms with van der Waals surface area (Å²) >= 11 is 0. The zero-order chi connectivity index (χ0) is 21.9. The highest BCUT2D eigenvalue weighted by Crippen LogP contribution is 2.41. The lowest BCUT2D eigenvalue weighted by atomic mass is 9.95. The second kappa shape index (κ2) is 7.63. The Morgan fingerprint density at radius 1 is 1.12 bits per heavy atom. The van der Waals surface area contributed by atoms with Crippen LogP contribution in [0.4, 0.5) is 14.6 Å². The zero-order valence-electron chi connectivity index (χ0n) is 18.4. The van der Waals surface area contributed by atoms with Crippen molar-refractivity contribution in [2.24, 2.45) is 0 Å². The number of aromatic nitrogens is 2. The molecule has 170 valence electrons. The summed E-state index contributed by atoms with van der Waals surface area (Å²) in [5.41, 5.74) is 1.27. The maximum Gasteiger partial charge on any atom is 0.319 e. The van der Waals surface area contributed by atoms with Gasteiger partial charge in [-0.2, -0.15) is 9.97 Å². The summed E-state index contributed by atoms with van der Waals surface area (Å²) in [6.07, 6.45) is 7.36. The van der Waals surface area contributed by atoms with Crippen molar-refractivity contribution in [3.63, 3.8) is 0 Å². The normalized spacial score (nSPS) is 24.7. The van der Waals surface area contributed by atoms with Crippen molar-refractivity contribution in [1.82, 2.24) is 14.9 Å². The highest BCUT2D eigenvalue weighted by molar-refractivity contribution is 6.01. The molecule has 1 aromatic heterocycles. The van der Waals surface area contributed by atoms with Gasteiger partial charge in [-0.05, 0) is 57.7 Å². The van der Waals surface area contributed by atoms with E-state index in [0.717, 1.165) is 44.0 Å². The Morgan fingerprint density at radius 3 is 2.75 bits per heavy atom. The predicted octanol–water partition coefficient (Wildman–Crippen LogP) is 3.93. The third kappa shape index (κ3) is 3.10. The highest BCUT2D eigenvalue weighted by Gasteiger charge is 2.45. The topological polar surface area (TPSA) is 50.7 Å². The Labute approximate surface area is 186 Å². The van der Waals surface area contributed by atoms with Gasteiger partial charge in [0.05, 0.1) is 23.6 Å². The number of hydrogen-bond donors (Lipinski definition) is 0. The zero-order valence-corrected chi connectivity index (χ0v) is 18.4. The fourth-order valence-corrected chi connectivity index (χ4v) is 6.09. The Kier molecular flexibility index (Phi) is 4.84. The largest absolute Gasteiger partial charge is 0.461 e. The van der Waals surface area contributed by atoms with Gasteiger partial charge < -0.3 is 14.4 Å². The van der Waals surface area contributed by atoms with Crippen LogP contribution >= 0.6 is 0 Å². The fourth-order valence-electron chi connectivity index (χ4n) is 6.09. The molecular weight excluding hydrogens is 414 g/mol. The van der Waals surface area contributed by atoms with Crippen molar-refractivity contribution in [2.75, 3.05) is 44.4 Å². The van der Waals surface area contributed by atoms with Crippen molar-refractivity contribution >= 4 is 22.3 Å². The highest BCUT2D eigenvalue weighted by atomic mass is 19.1. The fraction of sp³-hybridized carbons (Fsp3) is 0.583. The molecule has 5 heterocycles. The van der Waals surface area contributed by atoms with Gasteiger partial charge in [-0.3, -0.25) is 4.90 Å². The predicted molar refractivity (Wildman–Crippen MR) is 118 cm³/mol. The van der Waals surface area contributed by atoms with Crippen LogP contribution in [-0.2, 0) is 4.74 Å². The van der Waals surface area contributed by atoms with E-state index in [1.54, 1.807) is 0 Å². The van der Waals surface area contributed by atoms with Crippen LogP contribution in [0, 0.1) is 11.6 Å². The van der Waals surface area contributed by atoms with Gasteiger partial charge in [-0.15, -0.1) is 0 Å². The van der Waals surface area contributed by atoms with Crippen LogP contribution in [0.5, 0.6) is 6.01 Å². The van der Waals surface area contributed by atoms with Gasteiger partial charge in [0.15, 0.2) is 5.82 Å². The molecule has 6 rings (SSSR count). The monoisotopic (exact) mass is 442 g/mol. The molecule has 1 atom stereocenters. The molecule has 0 bridgehead atoms. The Morgan fingerprint density at radius 2 is 1.94 bits per heavy atom. The van der Waals surface area contributed by atoms with Crippen molar-refractivity contribution in [3.05, 3.63) is 29.3 Å². The van der Waals surface area contributed by atoms with Crippen molar-refractivity contribution < 1.29 is 18.3 Å². The molecule has 3 fully saturated rings. The van der Waals surface area contributed by atoms with Crippen LogP contribution in [0.2, 0.25) is 0 Å². The molecule has 0 N–H and O–H groups in total. The minimum Gasteiger partial charge on any atom is -0.461 e. The molecule has 8 heteroatoms. The van der Waals surface area contributed by atoms with E-state index in [-0.39, 0.29) is 23.1 Å². The molecular formula is C24H28F2N4O2. The quantitative estimate of drug-likeness (QED) is 0.718. The van der Waals surface area contributed by atoms with Crippen LogP contribution in [-0.4, -0.2) is 65.9 Å². The number of fused-ring (bicyclic) bond motifs is 3. The van der Waals surface area contributed by atoms with E-state index in [0.29, 0.717) is 43.1 Å². The van der Waals surface area contributed by atoms with E-state index in [9.17, 15) is 4.39 Å². The van der Waals surface area contributed by atoms with Gasteiger partial charge in [0.1, 0.15) is 23.8 Å². The number of halogens is 2. The van der Waals surface area contributed by atoms with Crippen molar-refractivity contribution in [2.45, 2.75) is 50.6 Å². The SMILES string of the molecule is CC1=CC2COCCCN2c2nc(OCC34CCCN3CCC4)nc3c(F)cc(F)c1c23. The Hall–Kier alpha value is -2.32. The third-order valence-electron chi connectivity index (χ3n) is 7.60. The molecule has 4 aliphatic rings. The van der Waals surface area contributed by atoms with Gasteiger partial charge in [0.25, 0.3) is 0 Å². The second-order valence-corrected chi connectivity index (χ2v) is 9.51. The maximum atomic E-state index is 15.0. The first-order valence-corrected chi connectivity index (χ1v) is 11.7. The van der Waals surface area contributed by atoms with Gasteiger partial charge >= 0.3 is 6.01 Å². The maximum absolute atomic E-state index is 15.0. The molecule has 2 aromatic rings. The van der Waals surface area contributed by atoms with Crippen LogP contribution in [0.25, 0.3) is 16.5 Å². The molecule has 0 radical (unpaired) electrons. The summed E-state index contributed by atoms with van der Waals surface area (Å²) in [5.74, 6) is -0.741. The van der Waals surface area contributed by atoms with Crippen molar-refractivity contribution in [3.8, 4) is 6.01 Å². The van der Waals surface area contributed by atoms with E-state index >= 15 is 4.39 Å². The molecule has 1 aromatic carbocycles. The summed E-state index contributed by atoms with van der Waals surface area (Å²) in [5, 5.41) is 0.425. The summed E-state index contributed by atoms with van der Waals surface area (Å²) in [7, 11) is 0. The molecule has 1 unspecified atom stereocenters. The lowest BCUT2D eigenvalue weighted by Crippen LogP contribution is -2.43. The number of benzene rings is 1. The summed E-state index contributed by atoms with van der Waals surface area (Å²) in [4.78, 5) is 13.8.